The van der Waals surface area contributed by atoms with E-state index in [1.54, 1.807) is 22.3 Å². The van der Waals surface area contributed by atoms with Gasteiger partial charge in [0.15, 0.2) is 0 Å². The molecule has 0 amide bonds. The molecule has 0 heterocycles. The highest BCUT2D eigenvalue weighted by molar-refractivity contribution is 6.01. The van der Waals surface area contributed by atoms with Gasteiger partial charge in [0.25, 0.3) is 0 Å². The summed E-state index contributed by atoms with van der Waals surface area (Å²) in [6.45, 7) is 7.83. The quantitative estimate of drug-likeness (QED) is 0.167. The van der Waals surface area contributed by atoms with E-state index >= 15 is 0 Å². The van der Waals surface area contributed by atoms with E-state index < -0.39 is 0 Å². The first kappa shape index (κ1) is 38.9. The molecular formula is C66H59N. The van der Waals surface area contributed by atoms with Crippen LogP contribution in [0.5, 0.6) is 0 Å². The molecule has 8 aromatic carbocycles. The molecule has 8 aliphatic carbocycles. The minimum absolute atomic E-state index is 0.0843. The Morgan fingerprint density at radius 1 is 0.448 bits per heavy atom. The number of anilines is 3. The molecule has 2 unspecified atom stereocenters. The second-order valence-corrected chi connectivity index (χ2v) is 22.9. The van der Waals surface area contributed by atoms with E-state index in [2.05, 4.69) is 202 Å². The highest BCUT2D eigenvalue weighted by Gasteiger charge is 2.72. The standard InChI is InChI=1S/C66H59N/c1-40-29-42-30-43(31-42)38-65(40)59-21-9-7-18-55(59)57-35-47(23-27-60(57)65)53-20-12-16-46-34-51(24-26-54(46)53)67(50-17-11-15-45(33-50)44-13-5-4-6-14-44)52-25-28-62-58(37-52)56-19-8-10-22-61(56)66(62)41(2)48-32-49-36-63(66)64(49,3)39-48/h4-28,33-35,37,40-43,48-49,63H,29-32,36,38-39H2,1-3H3/t40-,41-,42?,43?,48?,49+,63?,64-,65+,66+/m0/s1. The van der Waals surface area contributed by atoms with E-state index in [1.807, 2.05) is 0 Å². The molecule has 0 saturated heterocycles. The molecule has 0 aliphatic heterocycles. The summed E-state index contributed by atoms with van der Waals surface area (Å²) < 4.78 is 0. The van der Waals surface area contributed by atoms with Gasteiger partial charge in [0.1, 0.15) is 0 Å². The predicted octanol–water partition coefficient (Wildman–Crippen LogP) is 17.3. The van der Waals surface area contributed by atoms with Gasteiger partial charge in [-0.2, -0.15) is 0 Å². The third-order valence-corrected chi connectivity index (χ3v) is 20.2. The Hall–Kier alpha value is -6.18. The lowest BCUT2D eigenvalue weighted by Crippen LogP contribution is -2.59. The maximum atomic E-state index is 2.65. The zero-order valence-electron chi connectivity index (χ0n) is 39.2. The summed E-state index contributed by atoms with van der Waals surface area (Å²) in [6, 6.07) is 68.4. The van der Waals surface area contributed by atoms with Crippen LogP contribution in [-0.4, -0.2) is 0 Å². The summed E-state index contributed by atoms with van der Waals surface area (Å²) in [5.41, 5.74) is 21.5. The van der Waals surface area contributed by atoms with Gasteiger partial charge in [0.2, 0.25) is 0 Å². The van der Waals surface area contributed by atoms with E-state index in [0.29, 0.717) is 23.2 Å². The van der Waals surface area contributed by atoms with Crippen molar-refractivity contribution < 1.29 is 0 Å². The van der Waals surface area contributed by atoms with Crippen molar-refractivity contribution in [3.8, 4) is 44.5 Å². The zero-order valence-corrected chi connectivity index (χ0v) is 39.2. The van der Waals surface area contributed by atoms with Crippen molar-refractivity contribution in [1.82, 2.24) is 0 Å². The Labute approximate surface area is 396 Å². The van der Waals surface area contributed by atoms with Crippen molar-refractivity contribution in [3.05, 3.63) is 198 Å². The van der Waals surface area contributed by atoms with E-state index in [-0.39, 0.29) is 10.8 Å². The summed E-state index contributed by atoms with van der Waals surface area (Å²) >= 11 is 0. The Balaban J connectivity index is 0.874. The summed E-state index contributed by atoms with van der Waals surface area (Å²) in [6.07, 6.45) is 9.72. The van der Waals surface area contributed by atoms with Gasteiger partial charge in [-0.15, -0.1) is 0 Å². The number of nitrogens with zero attached hydrogens (tertiary/aromatic N) is 1. The first-order valence-corrected chi connectivity index (χ1v) is 25.8. The molecule has 328 valence electrons. The van der Waals surface area contributed by atoms with Crippen LogP contribution in [0, 0.1) is 46.8 Å². The van der Waals surface area contributed by atoms with Crippen LogP contribution in [0.15, 0.2) is 176 Å². The zero-order chi connectivity index (χ0) is 44.4. The van der Waals surface area contributed by atoms with E-state index in [0.717, 1.165) is 23.7 Å². The van der Waals surface area contributed by atoms with E-state index in [1.165, 1.54) is 117 Å². The average Bonchev–Trinajstić information content (AvgIpc) is 3.73. The molecule has 0 N–H and O–H groups in total. The number of rotatable bonds is 5. The number of hydrogen-bond donors (Lipinski definition) is 0. The second kappa shape index (κ2) is 13.7. The highest BCUT2D eigenvalue weighted by Crippen LogP contribution is 2.78. The van der Waals surface area contributed by atoms with Gasteiger partial charge >= 0.3 is 0 Å². The second-order valence-electron chi connectivity index (χ2n) is 22.9. The molecule has 8 aromatic rings. The number of hydrogen-bond acceptors (Lipinski definition) is 1. The van der Waals surface area contributed by atoms with Crippen molar-refractivity contribution >= 4 is 27.8 Å². The van der Waals surface area contributed by atoms with Crippen LogP contribution in [-0.2, 0) is 10.8 Å². The Kier molecular flexibility index (Phi) is 7.96. The minimum Gasteiger partial charge on any atom is -0.310 e. The molecule has 0 aromatic heterocycles. The SMILES string of the molecule is C[C@H]1CC2CC(C2)C[C@]12c1ccccc1-c1cc(-c3cccc4cc(N(c5cccc(-c6ccccc6)c5)c5ccc6c(c5)-c5ccccc5[C@@]65C6C[C@H]7CC(C[C@]67C)[C@@H]5C)ccc34)ccc12. The lowest BCUT2D eigenvalue weighted by Gasteiger charge is -2.63. The van der Waals surface area contributed by atoms with Gasteiger partial charge in [-0.3, -0.25) is 0 Å². The summed E-state index contributed by atoms with van der Waals surface area (Å²) in [7, 11) is 0. The van der Waals surface area contributed by atoms with E-state index in [4.69, 9.17) is 0 Å². The molecule has 8 atom stereocenters. The molecule has 2 spiro atoms. The molecule has 6 fully saturated rings. The van der Waals surface area contributed by atoms with Crippen LogP contribution in [0.4, 0.5) is 17.1 Å². The van der Waals surface area contributed by atoms with Gasteiger partial charge in [-0.1, -0.05) is 154 Å². The largest absolute Gasteiger partial charge is 0.310 e. The molecule has 16 rings (SSSR count). The van der Waals surface area contributed by atoms with Crippen molar-refractivity contribution in [2.75, 3.05) is 4.90 Å². The Bertz CT molecular complexity index is 3350. The molecule has 0 radical (unpaired) electrons. The summed E-state index contributed by atoms with van der Waals surface area (Å²) in [4.78, 5) is 2.53. The van der Waals surface area contributed by atoms with Gasteiger partial charge < -0.3 is 4.90 Å². The van der Waals surface area contributed by atoms with Crippen LogP contribution in [0.25, 0.3) is 55.3 Å². The third kappa shape index (κ3) is 5.06. The normalized spacial score (nSPS) is 30.8. The summed E-state index contributed by atoms with van der Waals surface area (Å²) in [5, 5.41) is 2.56. The van der Waals surface area contributed by atoms with Crippen molar-refractivity contribution in [2.45, 2.75) is 76.5 Å². The first-order chi connectivity index (χ1) is 32.8. The maximum absolute atomic E-state index is 2.65. The fourth-order valence-electron chi connectivity index (χ4n) is 17.2. The van der Waals surface area contributed by atoms with Crippen molar-refractivity contribution in [3.63, 3.8) is 0 Å². The van der Waals surface area contributed by atoms with E-state index in [9.17, 15) is 0 Å². The fourth-order valence-corrected chi connectivity index (χ4v) is 17.2. The van der Waals surface area contributed by atoms with Gasteiger partial charge in [0.05, 0.1) is 0 Å². The van der Waals surface area contributed by atoms with Gasteiger partial charge in [-0.05, 0) is 212 Å². The first-order valence-electron chi connectivity index (χ1n) is 25.8. The van der Waals surface area contributed by atoms with Crippen LogP contribution < -0.4 is 4.90 Å². The number of fused-ring (bicyclic) bond motifs is 12. The van der Waals surface area contributed by atoms with Crippen LogP contribution in [0.3, 0.4) is 0 Å². The highest BCUT2D eigenvalue weighted by atomic mass is 15.1. The third-order valence-electron chi connectivity index (χ3n) is 20.2. The molecule has 8 aliphatic rings. The fraction of sp³-hybridized carbons (Fsp3) is 0.303. The molecule has 1 heteroatoms. The van der Waals surface area contributed by atoms with Crippen molar-refractivity contribution in [1.29, 1.82) is 0 Å². The Morgan fingerprint density at radius 2 is 1.10 bits per heavy atom. The molecular weight excluding hydrogens is 807 g/mol. The summed E-state index contributed by atoms with van der Waals surface area (Å²) in [5.74, 6) is 5.45. The molecule has 4 bridgehead atoms. The monoisotopic (exact) mass is 865 g/mol. The topological polar surface area (TPSA) is 3.24 Å². The lowest BCUT2D eigenvalue weighted by molar-refractivity contribution is -0.0844. The minimum atomic E-state index is 0.0843. The molecule has 1 nitrogen and oxygen atoms in total. The van der Waals surface area contributed by atoms with Crippen LogP contribution >= 0.6 is 0 Å². The lowest BCUT2D eigenvalue weighted by atomic mass is 9.41. The average molecular weight is 866 g/mol. The maximum Gasteiger partial charge on any atom is 0.0468 e. The van der Waals surface area contributed by atoms with Crippen LogP contribution in [0.1, 0.15) is 88.0 Å². The predicted molar refractivity (Wildman–Crippen MR) is 278 cm³/mol. The van der Waals surface area contributed by atoms with Gasteiger partial charge in [-0.25, -0.2) is 0 Å². The number of benzene rings is 8. The van der Waals surface area contributed by atoms with Gasteiger partial charge in [0, 0.05) is 27.9 Å². The molecule has 6 saturated carbocycles. The molecule has 67 heavy (non-hydrogen) atoms. The smallest absolute Gasteiger partial charge is 0.0468 e. The van der Waals surface area contributed by atoms with Crippen molar-refractivity contribution in [2.24, 2.45) is 46.8 Å². The van der Waals surface area contributed by atoms with Crippen LogP contribution in [0.2, 0.25) is 0 Å². The Morgan fingerprint density at radius 3 is 1.97 bits per heavy atom.